The van der Waals surface area contributed by atoms with E-state index >= 15 is 0 Å². The maximum atomic E-state index is 12.1. The van der Waals surface area contributed by atoms with Gasteiger partial charge in [-0.1, -0.05) is 13.3 Å². The Labute approximate surface area is 128 Å². The van der Waals surface area contributed by atoms with Crippen molar-refractivity contribution in [3.05, 3.63) is 28.5 Å². The van der Waals surface area contributed by atoms with E-state index in [1.807, 2.05) is 0 Å². The summed E-state index contributed by atoms with van der Waals surface area (Å²) in [6, 6.07) is 3.44. The first-order chi connectivity index (χ1) is 9.54. The van der Waals surface area contributed by atoms with Crippen molar-refractivity contribution >= 4 is 21.8 Å². The van der Waals surface area contributed by atoms with Gasteiger partial charge < -0.3 is 10.4 Å². The monoisotopic (exact) mass is 340 g/mol. The Hall–Kier alpha value is -0.940. The van der Waals surface area contributed by atoms with Crippen LogP contribution in [0.5, 0.6) is 0 Å². The van der Waals surface area contributed by atoms with Crippen LogP contribution in [0.25, 0.3) is 0 Å². The first kappa shape index (κ1) is 15.4. The minimum Gasteiger partial charge on any atom is -0.388 e. The molecule has 0 atom stereocenters. The average molecular weight is 341 g/mol. The van der Waals surface area contributed by atoms with Gasteiger partial charge in [-0.15, -0.1) is 0 Å². The molecular formula is C15H21BrN2O2. The number of rotatable bonds is 4. The normalized spacial score (nSPS) is 26.2. The van der Waals surface area contributed by atoms with Crippen molar-refractivity contribution in [3.63, 3.8) is 0 Å². The minimum atomic E-state index is -0.754. The van der Waals surface area contributed by atoms with E-state index in [1.54, 1.807) is 18.3 Å². The minimum absolute atomic E-state index is 0.198. The van der Waals surface area contributed by atoms with Gasteiger partial charge in [-0.25, -0.2) is 4.98 Å². The molecule has 1 amide bonds. The lowest BCUT2D eigenvalue weighted by Gasteiger charge is -2.35. The largest absolute Gasteiger partial charge is 0.388 e. The summed E-state index contributed by atoms with van der Waals surface area (Å²) < 4.78 is 0.527. The number of carbonyl (C=O) groups is 1. The van der Waals surface area contributed by atoms with E-state index in [0.29, 0.717) is 16.7 Å². The SMILES string of the molecule is CCC1CCC(O)(CNC(=O)c2cccnc2Br)CC1. The molecule has 0 unspecified atom stereocenters. The number of aromatic nitrogens is 1. The van der Waals surface area contributed by atoms with Crippen LogP contribution in [0.3, 0.4) is 0 Å². The van der Waals surface area contributed by atoms with Gasteiger partial charge in [-0.2, -0.15) is 0 Å². The second kappa shape index (κ2) is 6.68. The molecule has 0 aromatic carbocycles. The molecule has 0 bridgehead atoms. The lowest BCUT2D eigenvalue weighted by Crippen LogP contribution is -2.45. The molecule has 1 aromatic heterocycles. The van der Waals surface area contributed by atoms with Crippen molar-refractivity contribution in [1.82, 2.24) is 10.3 Å². The molecule has 1 aromatic rings. The number of hydrogen-bond acceptors (Lipinski definition) is 3. The summed E-state index contributed by atoms with van der Waals surface area (Å²) in [5, 5.41) is 13.3. The fraction of sp³-hybridized carbons (Fsp3) is 0.600. The van der Waals surface area contributed by atoms with Gasteiger partial charge in [0.2, 0.25) is 0 Å². The van der Waals surface area contributed by atoms with Gasteiger partial charge in [0.15, 0.2) is 0 Å². The van der Waals surface area contributed by atoms with E-state index in [0.717, 1.165) is 31.6 Å². The molecule has 2 N–H and O–H groups in total. The standard InChI is InChI=1S/C15H21BrN2O2/c1-2-11-5-7-15(20,8-6-11)10-18-14(19)12-4-3-9-17-13(12)16/h3-4,9,11,20H,2,5-8,10H2,1H3,(H,18,19). The fourth-order valence-electron chi connectivity index (χ4n) is 2.70. The number of halogens is 1. The average Bonchev–Trinajstić information content (AvgIpc) is 2.46. The van der Waals surface area contributed by atoms with Crippen LogP contribution in [-0.2, 0) is 0 Å². The van der Waals surface area contributed by atoms with Crippen molar-refractivity contribution in [2.75, 3.05) is 6.54 Å². The number of amides is 1. The Bertz CT molecular complexity index is 471. The lowest BCUT2D eigenvalue weighted by atomic mass is 9.78. The molecule has 20 heavy (non-hydrogen) atoms. The Morgan fingerprint density at radius 1 is 1.55 bits per heavy atom. The quantitative estimate of drug-likeness (QED) is 0.828. The van der Waals surface area contributed by atoms with Crippen LogP contribution in [0.2, 0.25) is 0 Å². The molecule has 1 heterocycles. The summed E-state index contributed by atoms with van der Waals surface area (Å²) in [7, 11) is 0. The molecule has 1 saturated carbocycles. The van der Waals surface area contributed by atoms with Crippen LogP contribution in [-0.4, -0.2) is 28.1 Å². The number of nitrogens with one attached hydrogen (secondary N) is 1. The highest BCUT2D eigenvalue weighted by Crippen LogP contribution is 2.33. The summed E-state index contributed by atoms with van der Waals surface area (Å²) in [6.07, 6.45) is 6.41. The zero-order chi connectivity index (χ0) is 14.6. The van der Waals surface area contributed by atoms with Crippen molar-refractivity contribution in [3.8, 4) is 0 Å². The van der Waals surface area contributed by atoms with Crippen LogP contribution in [0, 0.1) is 5.92 Å². The van der Waals surface area contributed by atoms with Gasteiger partial charge in [0.05, 0.1) is 11.2 Å². The van der Waals surface area contributed by atoms with E-state index in [2.05, 4.69) is 33.2 Å². The van der Waals surface area contributed by atoms with Crippen molar-refractivity contribution in [2.45, 2.75) is 44.6 Å². The second-order valence-corrected chi connectivity index (χ2v) is 6.35. The Balaban J connectivity index is 1.89. The highest BCUT2D eigenvalue weighted by molar-refractivity contribution is 9.10. The molecule has 2 rings (SSSR count). The van der Waals surface area contributed by atoms with E-state index < -0.39 is 5.60 Å². The van der Waals surface area contributed by atoms with Gasteiger partial charge in [0.1, 0.15) is 4.60 Å². The molecule has 5 heteroatoms. The predicted molar refractivity (Wildman–Crippen MR) is 81.5 cm³/mol. The first-order valence-corrected chi connectivity index (χ1v) is 7.94. The number of nitrogens with zero attached hydrogens (tertiary/aromatic N) is 1. The summed E-state index contributed by atoms with van der Waals surface area (Å²) in [6.45, 7) is 2.50. The maximum absolute atomic E-state index is 12.1. The van der Waals surface area contributed by atoms with Crippen molar-refractivity contribution < 1.29 is 9.90 Å². The molecule has 0 spiro atoms. The molecule has 0 aliphatic heterocycles. The fourth-order valence-corrected chi connectivity index (χ4v) is 3.13. The summed E-state index contributed by atoms with van der Waals surface area (Å²) in [4.78, 5) is 16.1. The molecule has 1 aliphatic rings. The topological polar surface area (TPSA) is 62.2 Å². The molecule has 110 valence electrons. The lowest BCUT2D eigenvalue weighted by molar-refractivity contribution is -0.00787. The Morgan fingerprint density at radius 2 is 2.25 bits per heavy atom. The smallest absolute Gasteiger partial charge is 0.254 e. The molecule has 1 fully saturated rings. The highest BCUT2D eigenvalue weighted by atomic mass is 79.9. The maximum Gasteiger partial charge on any atom is 0.254 e. The van der Waals surface area contributed by atoms with E-state index in [1.165, 1.54) is 6.42 Å². The third kappa shape index (κ3) is 3.79. The Kier molecular flexibility index (Phi) is 5.16. The zero-order valence-corrected chi connectivity index (χ0v) is 13.3. The third-order valence-electron chi connectivity index (χ3n) is 4.19. The van der Waals surface area contributed by atoms with Gasteiger partial charge in [0, 0.05) is 12.7 Å². The molecule has 0 saturated heterocycles. The van der Waals surface area contributed by atoms with Crippen LogP contribution in [0.15, 0.2) is 22.9 Å². The second-order valence-electron chi connectivity index (χ2n) is 5.60. The number of hydrogen-bond donors (Lipinski definition) is 2. The third-order valence-corrected chi connectivity index (χ3v) is 4.83. The summed E-state index contributed by atoms with van der Waals surface area (Å²) in [5.74, 6) is 0.523. The predicted octanol–water partition coefficient (Wildman–Crippen LogP) is 2.91. The van der Waals surface area contributed by atoms with Crippen LogP contribution >= 0.6 is 15.9 Å². The molecule has 1 aliphatic carbocycles. The number of pyridine rings is 1. The van der Waals surface area contributed by atoms with Crippen molar-refractivity contribution in [1.29, 1.82) is 0 Å². The van der Waals surface area contributed by atoms with E-state index in [9.17, 15) is 9.90 Å². The van der Waals surface area contributed by atoms with E-state index in [4.69, 9.17) is 0 Å². The molecule has 0 radical (unpaired) electrons. The Morgan fingerprint density at radius 3 is 2.85 bits per heavy atom. The number of carbonyl (C=O) groups excluding carboxylic acids is 1. The van der Waals surface area contributed by atoms with Crippen LogP contribution in [0.4, 0.5) is 0 Å². The first-order valence-electron chi connectivity index (χ1n) is 7.15. The van der Waals surface area contributed by atoms with Gasteiger partial charge in [-0.3, -0.25) is 4.79 Å². The van der Waals surface area contributed by atoms with E-state index in [-0.39, 0.29) is 5.91 Å². The van der Waals surface area contributed by atoms with Gasteiger partial charge >= 0.3 is 0 Å². The zero-order valence-electron chi connectivity index (χ0n) is 11.7. The van der Waals surface area contributed by atoms with Crippen LogP contribution in [0.1, 0.15) is 49.4 Å². The summed E-state index contributed by atoms with van der Waals surface area (Å²) in [5.41, 5.74) is -0.255. The molecular weight excluding hydrogens is 320 g/mol. The van der Waals surface area contributed by atoms with Crippen LogP contribution < -0.4 is 5.32 Å². The van der Waals surface area contributed by atoms with Crippen molar-refractivity contribution in [2.24, 2.45) is 5.92 Å². The van der Waals surface area contributed by atoms with Gasteiger partial charge in [0.25, 0.3) is 5.91 Å². The highest BCUT2D eigenvalue weighted by Gasteiger charge is 2.33. The number of aliphatic hydroxyl groups is 1. The van der Waals surface area contributed by atoms with Gasteiger partial charge in [-0.05, 0) is 59.7 Å². The molecule has 4 nitrogen and oxygen atoms in total. The summed E-state index contributed by atoms with van der Waals surface area (Å²) >= 11 is 3.26.